The van der Waals surface area contributed by atoms with E-state index in [1.807, 2.05) is 0 Å². The molecule has 0 aliphatic rings. The van der Waals surface area contributed by atoms with E-state index in [1.165, 1.54) is 0 Å². The molecule has 0 atom stereocenters. The maximum absolute atomic E-state index is 5.86. The van der Waals surface area contributed by atoms with Crippen LogP contribution in [-0.2, 0) is 0 Å². The Balaban J connectivity index is -0.00000000333. The van der Waals surface area contributed by atoms with E-state index in [9.17, 15) is 0 Å². The van der Waals surface area contributed by atoms with Crippen LogP contribution in [0.1, 0.15) is 0 Å². The van der Waals surface area contributed by atoms with Crippen molar-refractivity contribution in [3.63, 3.8) is 0 Å². The molecule has 0 aliphatic heterocycles. The minimum Gasteiger partial charge on any atom is -1.00 e. The molecule has 0 aromatic heterocycles. The zero-order chi connectivity index (χ0) is 2.71. The van der Waals surface area contributed by atoms with E-state index in [4.69, 9.17) is 5.41 Å². The molecule has 6 heteroatoms. The van der Waals surface area contributed by atoms with Gasteiger partial charge in [-0.2, -0.15) is 0 Å². The molecule has 0 aliphatic carbocycles. The van der Waals surface area contributed by atoms with Gasteiger partial charge in [-0.25, -0.2) is 0 Å². The van der Waals surface area contributed by atoms with E-state index in [-0.39, 0.29) is 95.8 Å². The third-order valence-electron chi connectivity index (χ3n) is 0. The number of rotatable bonds is 0. The van der Waals surface area contributed by atoms with Crippen molar-refractivity contribution in [3.8, 4) is 0 Å². The zero-order valence-corrected chi connectivity index (χ0v) is 12.6. The Morgan fingerprint density at radius 2 is 1.14 bits per heavy atom. The van der Waals surface area contributed by atoms with Gasteiger partial charge in [-0.15, -0.1) is 0 Å². The minimum absolute atomic E-state index is 0. The third-order valence-corrected chi connectivity index (χ3v) is 0. The Morgan fingerprint density at radius 1 is 1.14 bits per heavy atom. The van der Waals surface area contributed by atoms with Gasteiger partial charge in [-0.05, 0) is 0 Å². The van der Waals surface area contributed by atoms with Crippen molar-refractivity contribution < 1.29 is 71.9 Å². The zero-order valence-electron chi connectivity index (χ0n) is 3.29. The Kier molecular flexibility index (Phi) is 191. The van der Waals surface area contributed by atoms with Crippen LogP contribution < -0.4 is 77.7 Å². The van der Waals surface area contributed by atoms with E-state index in [0.717, 1.165) is 6.34 Å². The van der Waals surface area contributed by atoms with Crippen LogP contribution in [0.25, 0.3) is 0 Å². The number of hydrogen-bond acceptors (Lipinski definition) is 1. The maximum Gasteiger partial charge on any atom is 3.00 e. The molecule has 0 amide bonds. The van der Waals surface area contributed by atoms with Gasteiger partial charge < -0.3 is 77.7 Å². The molecule has 0 aromatic rings. The molecule has 0 saturated carbocycles. The van der Waals surface area contributed by atoms with Crippen molar-refractivity contribution in [2.24, 2.45) is 5.73 Å². The SMILES string of the molecule is N=CN.[I-].[I-].[I-].[Sn+3]. The van der Waals surface area contributed by atoms with Crippen molar-refractivity contribution in [2.45, 2.75) is 0 Å². The van der Waals surface area contributed by atoms with Gasteiger partial charge in [-0.3, -0.25) is 5.41 Å². The van der Waals surface area contributed by atoms with Crippen LogP contribution in [0.15, 0.2) is 0 Å². The first kappa shape index (κ1) is 34.0. The quantitative estimate of drug-likeness (QED) is 0.136. The summed E-state index contributed by atoms with van der Waals surface area (Å²) in [6.07, 6.45) is 0.750. The van der Waals surface area contributed by atoms with Gasteiger partial charge in [0.1, 0.15) is 0 Å². The maximum atomic E-state index is 5.86. The molecule has 43 valence electrons. The normalized spacial score (nSPS) is 1.71. The molecule has 0 spiro atoms. The predicted octanol–water partition coefficient (Wildman–Crippen LogP) is -9.82. The first-order valence-corrected chi connectivity index (χ1v) is 0.622. The Morgan fingerprint density at radius 3 is 1.14 bits per heavy atom. The molecule has 7 heavy (non-hydrogen) atoms. The summed E-state index contributed by atoms with van der Waals surface area (Å²) in [5, 5.41) is 5.86. The van der Waals surface area contributed by atoms with Crippen molar-refractivity contribution in [1.82, 2.24) is 0 Å². The van der Waals surface area contributed by atoms with Gasteiger partial charge in [0, 0.05) is 0 Å². The van der Waals surface area contributed by atoms with Crippen LogP contribution >= 0.6 is 0 Å². The second-order valence-corrected chi connectivity index (χ2v) is 0.167. The van der Waals surface area contributed by atoms with Crippen molar-refractivity contribution >= 4 is 30.2 Å². The van der Waals surface area contributed by atoms with Gasteiger partial charge in [0.2, 0.25) is 0 Å². The van der Waals surface area contributed by atoms with Crippen LogP contribution in [0.3, 0.4) is 0 Å². The van der Waals surface area contributed by atoms with Crippen LogP contribution in [-0.4, -0.2) is 30.2 Å². The van der Waals surface area contributed by atoms with E-state index in [2.05, 4.69) is 5.73 Å². The molecule has 0 fully saturated rings. The van der Waals surface area contributed by atoms with Crippen LogP contribution in [0.5, 0.6) is 0 Å². The summed E-state index contributed by atoms with van der Waals surface area (Å²) in [7, 11) is 0. The number of nitrogens with two attached hydrogens (primary N) is 1. The first-order valence-electron chi connectivity index (χ1n) is 0.622. The molecule has 2 nitrogen and oxygen atoms in total. The second-order valence-electron chi connectivity index (χ2n) is 0.167. The third kappa shape index (κ3) is 58.4. The van der Waals surface area contributed by atoms with Crippen molar-refractivity contribution in [1.29, 1.82) is 5.41 Å². The second kappa shape index (κ2) is 39.3. The predicted molar refractivity (Wildman–Crippen MR) is 18.7 cm³/mol. The van der Waals surface area contributed by atoms with Crippen LogP contribution in [0, 0.1) is 5.41 Å². The average Bonchev–Trinajstić information content (AvgIpc) is 0.918. The largest absolute Gasteiger partial charge is 3.00 e. The van der Waals surface area contributed by atoms with E-state index >= 15 is 0 Å². The molecule has 0 rings (SSSR count). The topological polar surface area (TPSA) is 49.9 Å². The number of halogens is 3. The summed E-state index contributed by atoms with van der Waals surface area (Å²) in [4.78, 5) is 0. The molecule has 0 aromatic carbocycles. The molecule has 3 N–H and O–H groups in total. The van der Waals surface area contributed by atoms with Gasteiger partial charge in [-0.1, -0.05) is 0 Å². The van der Waals surface area contributed by atoms with E-state index in [1.54, 1.807) is 0 Å². The number of hydrogen-bond donors (Lipinski definition) is 2. The smallest absolute Gasteiger partial charge is 1.00 e. The van der Waals surface area contributed by atoms with Crippen molar-refractivity contribution in [3.05, 3.63) is 0 Å². The summed E-state index contributed by atoms with van der Waals surface area (Å²) in [5.74, 6) is 0. The van der Waals surface area contributed by atoms with Gasteiger partial charge >= 0.3 is 23.9 Å². The first-order chi connectivity index (χ1) is 1.41. The van der Waals surface area contributed by atoms with Crippen LogP contribution in [0.2, 0.25) is 0 Å². The van der Waals surface area contributed by atoms with Gasteiger partial charge in [0.15, 0.2) is 0 Å². The number of nitrogens with one attached hydrogen (secondary N) is 1. The summed E-state index contributed by atoms with van der Waals surface area (Å²) in [6, 6.07) is 0. The molecular formula is CH4I3N2Sn. The fourth-order valence-electron chi connectivity index (χ4n) is 0. The Hall–Kier alpha value is 2.46. The minimum atomic E-state index is 0. The van der Waals surface area contributed by atoms with Gasteiger partial charge in [0.25, 0.3) is 0 Å². The van der Waals surface area contributed by atoms with Crippen LogP contribution in [0.4, 0.5) is 0 Å². The molecule has 0 unspecified atom stereocenters. The molecular weight excluding hydrogens is 539 g/mol. The Bertz CT molecular complexity index is 20.4. The molecule has 0 saturated heterocycles. The average molecular weight is 543 g/mol. The fourth-order valence-corrected chi connectivity index (χ4v) is 0. The fraction of sp³-hybridized carbons (Fsp3) is 0. The van der Waals surface area contributed by atoms with Gasteiger partial charge in [0.05, 0.1) is 6.34 Å². The summed E-state index contributed by atoms with van der Waals surface area (Å²) in [5.41, 5.74) is 4.39. The summed E-state index contributed by atoms with van der Waals surface area (Å²) < 4.78 is 0. The Labute approximate surface area is 111 Å². The standard InChI is InChI=1S/CH4N2.3HI.Sn/c2-1-3;;;;/h1H,(H3,2,3);3*1H;/q;;;;+3/p-3. The summed E-state index contributed by atoms with van der Waals surface area (Å²) >= 11 is 0. The molecule has 0 bridgehead atoms. The van der Waals surface area contributed by atoms with E-state index < -0.39 is 0 Å². The molecule has 1 radical (unpaired) electrons. The monoisotopic (exact) mass is 545 g/mol. The van der Waals surface area contributed by atoms with E-state index in [0.29, 0.717) is 0 Å². The van der Waals surface area contributed by atoms with Crippen molar-refractivity contribution in [2.75, 3.05) is 0 Å². The summed E-state index contributed by atoms with van der Waals surface area (Å²) in [6.45, 7) is 0. The molecule has 0 heterocycles.